The quantitative estimate of drug-likeness (QED) is 0.259. The molecule has 3 amide bonds. The number of urea groups is 1. The topological polar surface area (TPSA) is 86.8 Å². The van der Waals surface area contributed by atoms with Gasteiger partial charge in [0.15, 0.2) is 5.13 Å². The minimum Gasteiger partial charge on any atom is -0.379 e. The highest BCUT2D eigenvalue weighted by Crippen LogP contribution is 2.30. The fourth-order valence-corrected chi connectivity index (χ4v) is 5.39. The maximum atomic E-state index is 13.4. The van der Waals surface area contributed by atoms with Crippen molar-refractivity contribution >= 4 is 73.2 Å². The summed E-state index contributed by atoms with van der Waals surface area (Å²) in [5, 5.41) is 7.59. The lowest BCUT2D eigenvalue weighted by Crippen LogP contribution is -2.44. The lowest BCUT2D eigenvalue weighted by Gasteiger charge is -2.30. The fourth-order valence-electron chi connectivity index (χ4n) is 4.22. The summed E-state index contributed by atoms with van der Waals surface area (Å²) in [6.45, 7) is 4.25. The summed E-state index contributed by atoms with van der Waals surface area (Å²) in [6, 6.07) is 19.6. The van der Waals surface area contributed by atoms with Crippen LogP contribution in [-0.4, -0.2) is 61.2 Å². The third kappa shape index (κ3) is 7.46. The van der Waals surface area contributed by atoms with Crippen molar-refractivity contribution in [1.82, 2.24) is 9.88 Å². The first kappa shape index (κ1) is 27.4. The molecule has 2 heterocycles. The third-order valence-electron chi connectivity index (χ3n) is 6.29. The third-order valence-corrected chi connectivity index (χ3v) is 7.73. The van der Waals surface area contributed by atoms with Crippen molar-refractivity contribution in [2.24, 2.45) is 0 Å². The van der Waals surface area contributed by atoms with Gasteiger partial charge in [-0.1, -0.05) is 46.7 Å². The molecule has 0 radical (unpaired) electrons. The maximum absolute atomic E-state index is 13.4. The van der Waals surface area contributed by atoms with E-state index < -0.39 is 0 Å². The Morgan fingerprint density at radius 1 is 0.949 bits per heavy atom. The van der Waals surface area contributed by atoms with Gasteiger partial charge in [0.05, 0.1) is 29.9 Å². The van der Waals surface area contributed by atoms with E-state index in [4.69, 9.17) is 27.9 Å². The van der Waals surface area contributed by atoms with Crippen LogP contribution in [0.1, 0.15) is 5.56 Å². The van der Waals surface area contributed by atoms with Crippen LogP contribution in [0.15, 0.2) is 66.7 Å². The number of amides is 3. The van der Waals surface area contributed by atoms with E-state index in [0.717, 1.165) is 34.6 Å². The number of aromatic nitrogens is 1. The Hall–Kier alpha value is -3.21. The van der Waals surface area contributed by atoms with Gasteiger partial charge in [0, 0.05) is 47.6 Å². The molecule has 202 valence electrons. The van der Waals surface area contributed by atoms with Gasteiger partial charge in [0.25, 0.3) is 0 Å². The average molecular weight is 585 g/mol. The van der Waals surface area contributed by atoms with Crippen LogP contribution >= 0.6 is 34.5 Å². The largest absolute Gasteiger partial charge is 0.379 e. The van der Waals surface area contributed by atoms with Gasteiger partial charge in [-0.15, -0.1) is 0 Å². The summed E-state index contributed by atoms with van der Waals surface area (Å²) >= 11 is 13.3. The van der Waals surface area contributed by atoms with Gasteiger partial charge in [0.1, 0.15) is 0 Å². The number of fused-ring (bicyclic) bond motifs is 1. The van der Waals surface area contributed by atoms with Crippen LogP contribution in [0.3, 0.4) is 0 Å². The lowest BCUT2D eigenvalue weighted by molar-refractivity contribution is -0.115. The molecule has 0 aliphatic carbocycles. The summed E-state index contributed by atoms with van der Waals surface area (Å²) in [5.41, 5.74) is 3.01. The Balaban J connectivity index is 1.32. The minimum atomic E-state index is -0.245. The Kier molecular flexibility index (Phi) is 8.95. The number of halogens is 2. The summed E-state index contributed by atoms with van der Waals surface area (Å²) in [4.78, 5) is 34.6. The van der Waals surface area contributed by atoms with Crippen molar-refractivity contribution in [2.75, 3.05) is 54.9 Å². The zero-order valence-electron chi connectivity index (χ0n) is 21.0. The monoisotopic (exact) mass is 583 g/mol. The molecule has 1 aliphatic rings. The first-order valence-electron chi connectivity index (χ1n) is 12.5. The Labute approximate surface area is 240 Å². The number of rotatable bonds is 8. The molecule has 1 aromatic heterocycles. The average Bonchev–Trinajstić information content (AvgIpc) is 3.33. The van der Waals surface area contributed by atoms with Crippen LogP contribution in [0.4, 0.5) is 21.3 Å². The van der Waals surface area contributed by atoms with E-state index >= 15 is 0 Å². The Bertz CT molecular complexity index is 1440. The first-order chi connectivity index (χ1) is 18.9. The SMILES string of the molecule is O=C(Cc1ccc(Cl)cc1)Nc1nc2ccc(N(CCN3CCOCC3)C(=O)Nc3ccc(Cl)cc3)cc2s1. The minimum absolute atomic E-state index is 0.161. The van der Waals surface area contributed by atoms with Gasteiger partial charge in [0.2, 0.25) is 5.91 Å². The first-order valence-corrected chi connectivity index (χ1v) is 14.1. The molecule has 0 bridgehead atoms. The summed E-state index contributed by atoms with van der Waals surface area (Å²) in [6.07, 6.45) is 0.221. The van der Waals surface area contributed by atoms with Gasteiger partial charge >= 0.3 is 6.03 Å². The number of thiazole rings is 1. The number of carbonyl (C=O) groups excluding carboxylic acids is 2. The molecule has 0 saturated carbocycles. The summed E-state index contributed by atoms with van der Waals surface area (Å²) < 4.78 is 6.32. The second-order valence-corrected chi connectivity index (χ2v) is 11.0. The second kappa shape index (κ2) is 12.8. The zero-order valence-corrected chi connectivity index (χ0v) is 23.4. The molecule has 39 heavy (non-hydrogen) atoms. The van der Waals surface area contributed by atoms with E-state index in [9.17, 15) is 9.59 Å². The molecule has 3 aromatic carbocycles. The van der Waals surface area contributed by atoms with Crippen molar-refractivity contribution < 1.29 is 14.3 Å². The number of anilines is 3. The number of benzene rings is 3. The van der Waals surface area contributed by atoms with E-state index in [1.165, 1.54) is 11.3 Å². The molecule has 8 nitrogen and oxygen atoms in total. The van der Waals surface area contributed by atoms with Crippen LogP contribution in [0, 0.1) is 0 Å². The molecule has 1 aliphatic heterocycles. The molecule has 1 saturated heterocycles. The van der Waals surface area contributed by atoms with Gasteiger partial charge in [-0.25, -0.2) is 9.78 Å². The number of nitrogens with zero attached hydrogens (tertiary/aromatic N) is 3. The predicted molar refractivity (Wildman–Crippen MR) is 158 cm³/mol. The zero-order chi connectivity index (χ0) is 27.2. The molecule has 0 atom stereocenters. The van der Waals surface area contributed by atoms with E-state index in [2.05, 4.69) is 20.5 Å². The van der Waals surface area contributed by atoms with Gasteiger partial charge < -0.3 is 15.4 Å². The normalized spacial score (nSPS) is 13.8. The highest BCUT2D eigenvalue weighted by atomic mass is 35.5. The molecule has 1 fully saturated rings. The second-order valence-electron chi connectivity index (χ2n) is 9.07. The Morgan fingerprint density at radius 3 is 2.36 bits per heavy atom. The van der Waals surface area contributed by atoms with E-state index in [-0.39, 0.29) is 18.4 Å². The van der Waals surface area contributed by atoms with Gasteiger partial charge in [-0.2, -0.15) is 0 Å². The molecule has 0 spiro atoms. The van der Waals surface area contributed by atoms with Crippen molar-refractivity contribution in [3.8, 4) is 0 Å². The Morgan fingerprint density at radius 2 is 1.64 bits per heavy atom. The number of carbonyl (C=O) groups is 2. The number of morpholine rings is 1. The van der Waals surface area contributed by atoms with Crippen LogP contribution in [0.5, 0.6) is 0 Å². The molecule has 5 rings (SSSR count). The molecule has 11 heteroatoms. The number of hydrogen-bond acceptors (Lipinski definition) is 6. The summed E-state index contributed by atoms with van der Waals surface area (Å²) in [7, 11) is 0. The van der Waals surface area contributed by atoms with Crippen molar-refractivity contribution in [1.29, 1.82) is 0 Å². The lowest BCUT2D eigenvalue weighted by atomic mass is 10.1. The van der Waals surface area contributed by atoms with Gasteiger partial charge in [-0.05, 0) is 60.2 Å². The molecular formula is C28H27Cl2N5O3S. The van der Waals surface area contributed by atoms with Crippen molar-refractivity contribution in [3.05, 3.63) is 82.3 Å². The maximum Gasteiger partial charge on any atom is 0.326 e. The number of ether oxygens (including phenoxy) is 1. The predicted octanol–water partition coefficient (Wildman–Crippen LogP) is 6.16. The standard InChI is InChI=1S/C28H27Cl2N5O3S/c29-20-3-1-19(2-4-20)17-26(36)33-27-32-24-10-9-23(18-25(24)39-27)35(12-11-34-13-15-38-16-14-34)28(37)31-22-7-5-21(30)6-8-22/h1-10,18H,11-17H2,(H,31,37)(H,32,33,36). The number of nitrogens with one attached hydrogen (secondary N) is 2. The highest BCUT2D eigenvalue weighted by Gasteiger charge is 2.20. The van der Waals surface area contributed by atoms with Crippen LogP contribution in [0.25, 0.3) is 10.2 Å². The fraction of sp³-hybridized carbons (Fsp3) is 0.250. The van der Waals surface area contributed by atoms with Crippen molar-refractivity contribution in [2.45, 2.75) is 6.42 Å². The molecule has 0 unspecified atom stereocenters. The van der Waals surface area contributed by atoms with E-state index in [1.807, 2.05) is 30.3 Å². The highest BCUT2D eigenvalue weighted by molar-refractivity contribution is 7.22. The molecular weight excluding hydrogens is 557 g/mol. The number of hydrogen-bond donors (Lipinski definition) is 2. The smallest absolute Gasteiger partial charge is 0.326 e. The molecule has 2 N–H and O–H groups in total. The van der Waals surface area contributed by atoms with Gasteiger partial charge in [-0.3, -0.25) is 14.6 Å². The van der Waals surface area contributed by atoms with Crippen LogP contribution in [-0.2, 0) is 16.0 Å². The van der Waals surface area contributed by atoms with E-state index in [1.54, 1.807) is 41.3 Å². The summed E-state index contributed by atoms with van der Waals surface area (Å²) in [5.74, 6) is -0.161. The van der Waals surface area contributed by atoms with Crippen molar-refractivity contribution in [3.63, 3.8) is 0 Å². The van der Waals surface area contributed by atoms with Crippen LogP contribution in [0.2, 0.25) is 10.0 Å². The van der Waals surface area contributed by atoms with E-state index in [0.29, 0.717) is 47.2 Å². The van der Waals surface area contributed by atoms with Crippen LogP contribution < -0.4 is 15.5 Å². The molecule has 4 aromatic rings.